The number of hydrogen-bond acceptors (Lipinski definition) is 4. The van der Waals surface area contributed by atoms with E-state index in [-0.39, 0.29) is 11.8 Å². The van der Waals surface area contributed by atoms with Gasteiger partial charge in [-0.25, -0.2) is 0 Å². The van der Waals surface area contributed by atoms with E-state index in [0.717, 1.165) is 38.4 Å². The van der Waals surface area contributed by atoms with E-state index in [2.05, 4.69) is 34.7 Å². The summed E-state index contributed by atoms with van der Waals surface area (Å²) in [4.78, 5) is 16.9. The Balaban J connectivity index is 1.37. The molecule has 4 rings (SSSR count). The van der Waals surface area contributed by atoms with Crippen LogP contribution in [0.4, 0.5) is 0 Å². The average Bonchev–Trinajstić information content (AvgIpc) is 3.17. The van der Waals surface area contributed by atoms with Gasteiger partial charge in [-0.05, 0) is 80.8 Å². The predicted octanol–water partition coefficient (Wildman–Crippen LogP) is 3.79. The number of nitrogens with zero attached hydrogens (tertiary/aromatic N) is 1. The molecule has 2 heterocycles. The summed E-state index contributed by atoms with van der Waals surface area (Å²) < 4.78 is 0. The molecule has 1 aromatic rings. The number of fused-ring (bicyclic) bond motifs is 2. The highest BCUT2D eigenvalue weighted by atomic mass is 32.1. The van der Waals surface area contributed by atoms with Crippen molar-refractivity contribution in [2.45, 2.75) is 64.0 Å². The summed E-state index contributed by atoms with van der Waals surface area (Å²) in [5.41, 5.74) is 6.40. The van der Waals surface area contributed by atoms with E-state index >= 15 is 0 Å². The van der Waals surface area contributed by atoms with Crippen molar-refractivity contribution >= 4 is 17.2 Å². The molecule has 1 amide bonds. The number of thiophene rings is 1. The SMILES string of the molecule is CC1CCN(C(CNC(=O)C2CC3CCCC(C2)C3N)c2cccs2)CC1. The largest absolute Gasteiger partial charge is 0.354 e. The Hall–Kier alpha value is -0.910. The van der Waals surface area contributed by atoms with Crippen LogP contribution in [-0.2, 0) is 4.79 Å². The molecule has 3 fully saturated rings. The number of carbonyl (C=O) groups is 1. The van der Waals surface area contributed by atoms with Gasteiger partial charge < -0.3 is 11.1 Å². The van der Waals surface area contributed by atoms with Crippen molar-refractivity contribution in [1.82, 2.24) is 10.2 Å². The number of nitrogens with one attached hydrogen (secondary N) is 1. The molecule has 4 nitrogen and oxygen atoms in total. The van der Waals surface area contributed by atoms with Crippen molar-refractivity contribution in [2.75, 3.05) is 19.6 Å². The maximum atomic E-state index is 13.0. The van der Waals surface area contributed by atoms with Gasteiger partial charge in [-0.1, -0.05) is 19.4 Å². The van der Waals surface area contributed by atoms with Crippen LogP contribution in [0.25, 0.3) is 0 Å². The molecule has 3 N–H and O–H groups in total. The first-order chi connectivity index (χ1) is 13.1. The average molecular weight is 390 g/mol. The highest BCUT2D eigenvalue weighted by Crippen LogP contribution is 2.42. The van der Waals surface area contributed by atoms with Gasteiger partial charge in [0.2, 0.25) is 5.91 Å². The molecular formula is C22H35N3OS. The lowest BCUT2D eigenvalue weighted by Gasteiger charge is -2.43. The lowest BCUT2D eigenvalue weighted by molar-refractivity contribution is -0.128. The van der Waals surface area contributed by atoms with Crippen LogP contribution in [0.5, 0.6) is 0 Å². The van der Waals surface area contributed by atoms with Gasteiger partial charge in [0.25, 0.3) is 0 Å². The second kappa shape index (κ2) is 8.62. The maximum Gasteiger partial charge on any atom is 0.223 e. The summed E-state index contributed by atoms with van der Waals surface area (Å²) in [6.45, 7) is 5.37. The fourth-order valence-corrected chi connectivity index (χ4v) is 6.44. The molecule has 3 aliphatic rings. The van der Waals surface area contributed by atoms with E-state index in [1.165, 1.54) is 37.0 Å². The van der Waals surface area contributed by atoms with Crippen LogP contribution in [0, 0.1) is 23.7 Å². The fraction of sp³-hybridized carbons (Fsp3) is 0.773. The van der Waals surface area contributed by atoms with Crippen LogP contribution in [0.1, 0.15) is 62.8 Å². The Morgan fingerprint density at radius 3 is 2.59 bits per heavy atom. The highest BCUT2D eigenvalue weighted by molar-refractivity contribution is 7.10. The van der Waals surface area contributed by atoms with E-state index in [1.54, 1.807) is 0 Å². The number of carbonyl (C=O) groups excluding carboxylic acids is 1. The summed E-state index contributed by atoms with van der Waals surface area (Å²) in [6.07, 6.45) is 8.24. The van der Waals surface area contributed by atoms with Crippen molar-refractivity contribution in [3.63, 3.8) is 0 Å². The van der Waals surface area contributed by atoms with Gasteiger partial charge in [0.1, 0.15) is 0 Å². The van der Waals surface area contributed by atoms with Crippen molar-refractivity contribution < 1.29 is 4.79 Å². The number of piperidine rings is 1. The Morgan fingerprint density at radius 1 is 1.26 bits per heavy atom. The topological polar surface area (TPSA) is 58.4 Å². The number of nitrogens with two attached hydrogens (primary N) is 1. The molecule has 1 aliphatic heterocycles. The molecule has 150 valence electrons. The molecule has 0 spiro atoms. The zero-order valence-corrected chi connectivity index (χ0v) is 17.4. The maximum absolute atomic E-state index is 13.0. The molecule has 1 aromatic heterocycles. The minimum absolute atomic E-state index is 0.172. The van der Waals surface area contributed by atoms with E-state index in [1.807, 2.05) is 11.3 Å². The molecule has 2 aliphatic carbocycles. The van der Waals surface area contributed by atoms with Crippen LogP contribution in [0.2, 0.25) is 0 Å². The lowest BCUT2D eigenvalue weighted by Crippen LogP contribution is -2.50. The van der Waals surface area contributed by atoms with Gasteiger partial charge in [0.15, 0.2) is 0 Å². The standard InChI is InChI=1S/C22H35N3OS/c1-15-7-9-25(10-8-15)19(20-6-3-11-27-20)14-24-22(26)18-12-16-4-2-5-17(13-18)21(16)23/h3,6,11,15-19,21H,2,4-5,7-10,12-14,23H2,1H3,(H,24,26). The minimum Gasteiger partial charge on any atom is -0.354 e. The lowest BCUT2D eigenvalue weighted by atomic mass is 9.65. The summed E-state index contributed by atoms with van der Waals surface area (Å²) in [7, 11) is 0. The Labute approximate surface area is 167 Å². The zero-order valence-electron chi connectivity index (χ0n) is 16.6. The molecular weight excluding hydrogens is 354 g/mol. The first-order valence-electron chi connectivity index (χ1n) is 10.9. The van der Waals surface area contributed by atoms with Gasteiger partial charge in [-0.2, -0.15) is 0 Å². The summed E-state index contributed by atoms with van der Waals surface area (Å²) >= 11 is 1.82. The Bertz CT molecular complexity index is 597. The second-order valence-corrected chi connectivity index (χ2v) is 10.2. The van der Waals surface area contributed by atoms with Crippen molar-refractivity contribution in [1.29, 1.82) is 0 Å². The van der Waals surface area contributed by atoms with Crippen molar-refractivity contribution in [3.8, 4) is 0 Å². The molecule has 1 saturated heterocycles. The summed E-state index contributed by atoms with van der Waals surface area (Å²) in [5, 5.41) is 5.49. The quantitative estimate of drug-likeness (QED) is 0.805. The molecule has 0 radical (unpaired) electrons. The van der Waals surface area contributed by atoms with Gasteiger partial charge in [-0.3, -0.25) is 9.69 Å². The normalized spacial score (nSPS) is 33.6. The van der Waals surface area contributed by atoms with Gasteiger partial charge in [-0.15, -0.1) is 11.3 Å². The monoisotopic (exact) mass is 389 g/mol. The third kappa shape index (κ3) is 4.41. The third-order valence-electron chi connectivity index (χ3n) is 7.38. The van der Waals surface area contributed by atoms with Crippen LogP contribution in [0.3, 0.4) is 0 Å². The van der Waals surface area contributed by atoms with Crippen LogP contribution in [0.15, 0.2) is 17.5 Å². The van der Waals surface area contributed by atoms with Gasteiger partial charge in [0.05, 0.1) is 6.04 Å². The van der Waals surface area contributed by atoms with Gasteiger partial charge in [0, 0.05) is 23.4 Å². The van der Waals surface area contributed by atoms with Crippen LogP contribution in [-0.4, -0.2) is 36.5 Å². The zero-order chi connectivity index (χ0) is 18.8. The van der Waals surface area contributed by atoms with Gasteiger partial charge >= 0.3 is 0 Å². The molecule has 27 heavy (non-hydrogen) atoms. The number of rotatable bonds is 5. The van der Waals surface area contributed by atoms with E-state index in [4.69, 9.17) is 5.73 Å². The predicted molar refractivity (Wildman–Crippen MR) is 112 cm³/mol. The molecule has 2 bridgehead atoms. The fourth-order valence-electron chi connectivity index (χ4n) is 5.58. The first kappa shape index (κ1) is 19.4. The minimum atomic E-state index is 0.172. The van der Waals surface area contributed by atoms with Crippen LogP contribution >= 0.6 is 11.3 Å². The van der Waals surface area contributed by atoms with Crippen molar-refractivity contribution in [2.24, 2.45) is 29.4 Å². The molecule has 3 atom stereocenters. The molecule has 5 heteroatoms. The molecule has 2 saturated carbocycles. The Morgan fingerprint density at radius 2 is 1.96 bits per heavy atom. The van der Waals surface area contributed by atoms with E-state index in [0.29, 0.717) is 23.9 Å². The smallest absolute Gasteiger partial charge is 0.223 e. The van der Waals surface area contributed by atoms with E-state index in [9.17, 15) is 4.79 Å². The Kier molecular flexibility index (Phi) is 6.20. The third-order valence-corrected chi connectivity index (χ3v) is 8.36. The number of hydrogen-bond donors (Lipinski definition) is 2. The summed E-state index contributed by atoms with van der Waals surface area (Å²) in [5.74, 6) is 2.39. The molecule has 3 unspecified atom stereocenters. The van der Waals surface area contributed by atoms with Crippen molar-refractivity contribution in [3.05, 3.63) is 22.4 Å². The summed E-state index contributed by atoms with van der Waals surface area (Å²) in [6, 6.07) is 5.01. The van der Waals surface area contributed by atoms with E-state index < -0.39 is 0 Å². The number of likely N-dealkylation sites (tertiary alicyclic amines) is 1. The number of amides is 1. The second-order valence-electron chi connectivity index (χ2n) is 9.19. The first-order valence-corrected chi connectivity index (χ1v) is 11.8. The highest BCUT2D eigenvalue weighted by Gasteiger charge is 2.40. The van der Waals surface area contributed by atoms with Crippen LogP contribution < -0.4 is 11.1 Å². The molecule has 0 aromatic carbocycles.